The zero-order valence-electron chi connectivity index (χ0n) is 22.8. The third kappa shape index (κ3) is 3.93. The summed E-state index contributed by atoms with van der Waals surface area (Å²) in [5.74, 6) is 0. The third-order valence-corrected chi connectivity index (χ3v) is 13.0. The Morgan fingerprint density at radius 2 is 0.875 bits per heavy atom. The van der Waals surface area contributed by atoms with E-state index in [-0.39, 0.29) is 0 Å². The van der Waals surface area contributed by atoms with Crippen molar-refractivity contribution in [3.63, 3.8) is 0 Å². The molecule has 40 heavy (non-hydrogen) atoms. The largest absolute Gasteiger partial charge is 0.249 e. The molecule has 0 unspecified atom stereocenters. The van der Waals surface area contributed by atoms with Crippen LogP contribution in [0.15, 0.2) is 133 Å². The van der Waals surface area contributed by atoms with E-state index in [2.05, 4.69) is 147 Å². The van der Waals surface area contributed by atoms with E-state index in [1.165, 1.54) is 43.4 Å². The minimum atomic E-state index is -2.33. The Labute approximate surface area is 236 Å². The maximum absolute atomic E-state index is 5.31. The Morgan fingerprint density at radius 1 is 0.475 bits per heavy atom. The minimum absolute atomic E-state index is 1.03. The average Bonchev–Trinajstić information content (AvgIpc) is 3.31. The second kappa shape index (κ2) is 9.85. The predicted octanol–water partition coefficient (Wildman–Crippen LogP) is 9.50. The summed E-state index contributed by atoms with van der Waals surface area (Å²) in [6, 6.07) is 48.6. The molecule has 0 saturated carbocycles. The van der Waals surface area contributed by atoms with Gasteiger partial charge in [-0.2, -0.15) is 0 Å². The van der Waals surface area contributed by atoms with Gasteiger partial charge in [0.25, 0.3) is 0 Å². The second-order valence-electron chi connectivity index (χ2n) is 10.7. The highest BCUT2D eigenvalue weighted by atomic mass is 28.3. The molecule has 7 rings (SSSR count). The average molecular weight is 531 g/mol. The Morgan fingerprint density at radius 3 is 1.30 bits per heavy atom. The zero-order valence-corrected chi connectivity index (χ0v) is 23.8. The monoisotopic (exact) mass is 530 g/mol. The summed E-state index contributed by atoms with van der Waals surface area (Å²) in [6.45, 7) is 4.87. The van der Waals surface area contributed by atoms with Crippen LogP contribution < -0.4 is 0 Å². The van der Waals surface area contributed by atoms with Gasteiger partial charge in [-0.1, -0.05) is 129 Å². The first-order valence-electron chi connectivity index (χ1n) is 14.0. The van der Waals surface area contributed by atoms with Crippen molar-refractivity contribution in [2.45, 2.75) is 19.5 Å². The van der Waals surface area contributed by atoms with E-state index in [9.17, 15) is 0 Å². The Bertz CT molecular complexity index is 1800. The summed E-state index contributed by atoms with van der Waals surface area (Å²) < 4.78 is 0. The fourth-order valence-corrected chi connectivity index (χ4v) is 10.3. The van der Waals surface area contributed by atoms with E-state index in [1.807, 2.05) is 0 Å². The van der Waals surface area contributed by atoms with E-state index < -0.39 is 8.07 Å². The maximum Gasteiger partial charge on any atom is 0.122 e. The topological polar surface area (TPSA) is 25.8 Å². The Kier molecular flexibility index (Phi) is 6.02. The van der Waals surface area contributed by atoms with Gasteiger partial charge in [-0.05, 0) is 56.9 Å². The number of para-hydroxylation sites is 2. The summed E-state index contributed by atoms with van der Waals surface area (Å²) in [6.07, 6.45) is 0. The van der Waals surface area contributed by atoms with Gasteiger partial charge in [0, 0.05) is 10.8 Å². The molecule has 0 radical (unpaired) electrons. The predicted molar refractivity (Wildman–Crippen MR) is 172 cm³/mol. The van der Waals surface area contributed by atoms with Crippen LogP contribution in [-0.4, -0.2) is 18.0 Å². The first kappa shape index (κ1) is 24.4. The number of hydrogen-bond donors (Lipinski definition) is 0. The zero-order chi connectivity index (χ0) is 27.1. The van der Waals surface area contributed by atoms with E-state index in [0.29, 0.717) is 0 Å². The van der Waals surface area contributed by atoms with Crippen molar-refractivity contribution in [1.82, 2.24) is 9.97 Å². The molecular weight excluding hydrogens is 501 g/mol. The highest BCUT2D eigenvalue weighted by Gasteiger charge is 2.47. The first-order chi connectivity index (χ1) is 19.7. The van der Waals surface area contributed by atoms with Gasteiger partial charge in [0.15, 0.2) is 0 Å². The van der Waals surface area contributed by atoms with Crippen LogP contribution in [0, 0.1) is 0 Å². The van der Waals surface area contributed by atoms with Crippen LogP contribution in [0.1, 0.15) is 29.4 Å². The number of allylic oxidation sites excluding steroid dienone is 2. The molecule has 1 aliphatic heterocycles. The van der Waals surface area contributed by atoms with Crippen molar-refractivity contribution >= 4 is 51.4 Å². The summed E-state index contributed by atoms with van der Waals surface area (Å²) in [7, 11) is -2.33. The van der Waals surface area contributed by atoms with Gasteiger partial charge < -0.3 is 0 Å². The number of aromatic nitrogens is 2. The molecule has 0 amide bonds. The quantitative estimate of drug-likeness (QED) is 0.207. The fourth-order valence-electron chi connectivity index (χ4n) is 6.30. The van der Waals surface area contributed by atoms with Crippen LogP contribution in [0.25, 0.3) is 43.3 Å². The van der Waals surface area contributed by atoms with Gasteiger partial charge in [0.1, 0.15) is 8.07 Å². The number of fused-ring (bicyclic) bond motifs is 2. The highest BCUT2D eigenvalue weighted by molar-refractivity contribution is 7.13. The summed E-state index contributed by atoms with van der Waals surface area (Å²) in [5, 5.41) is 5.13. The number of nitrogens with zero attached hydrogens (tertiary/aromatic N) is 2. The number of benzene rings is 4. The van der Waals surface area contributed by atoms with E-state index in [0.717, 1.165) is 28.5 Å². The fraction of sp³-hybridized carbons (Fsp3) is 0.0811. The molecule has 0 fully saturated rings. The van der Waals surface area contributed by atoms with E-state index in [1.54, 1.807) is 0 Å². The summed E-state index contributed by atoms with van der Waals surface area (Å²) in [4.78, 5) is 10.6. The molecule has 3 heterocycles. The standard InChI is InChI=1S/C37H30N2Si/c1-3-40(2)36(32-24-22-26-14-10-12-20-30(26)38-32)34(28-16-6-4-7-17-28)35(29-18-8-5-9-19-29)37(40)33-25-23-27-15-11-13-21-31(27)39-33/h4-25H,3H2,1-2H3. The number of pyridine rings is 2. The third-order valence-electron chi connectivity index (χ3n) is 8.39. The lowest BCUT2D eigenvalue weighted by atomic mass is 9.90. The molecule has 4 aromatic carbocycles. The summed E-state index contributed by atoms with van der Waals surface area (Å²) >= 11 is 0. The van der Waals surface area contributed by atoms with Crippen LogP contribution in [0.5, 0.6) is 0 Å². The molecule has 6 aromatic rings. The van der Waals surface area contributed by atoms with Crippen molar-refractivity contribution in [3.05, 3.63) is 156 Å². The van der Waals surface area contributed by atoms with Gasteiger partial charge in [-0.25, -0.2) is 9.97 Å². The van der Waals surface area contributed by atoms with Crippen molar-refractivity contribution in [1.29, 1.82) is 0 Å². The molecule has 1 aliphatic rings. The van der Waals surface area contributed by atoms with Crippen LogP contribution in [-0.2, 0) is 0 Å². The van der Waals surface area contributed by atoms with Crippen LogP contribution in [0.2, 0.25) is 12.6 Å². The Hall–Kier alpha value is -4.60. The molecule has 0 N–H and O–H groups in total. The lowest BCUT2D eigenvalue weighted by molar-refractivity contribution is 1.32. The van der Waals surface area contributed by atoms with Crippen molar-refractivity contribution < 1.29 is 0 Å². The second-order valence-corrected chi connectivity index (χ2v) is 15.1. The Balaban J connectivity index is 1.61. The molecule has 0 aliphatic carbocycles. The molecule has 0 atom stereocenters. The van der Waals surface area contributed by atoms with Crippen LogP contribution in [0.3, 0.4) is 0 Å². The number of rotatable bonds is 5. The lowest BCUT2D eigenvalue weighted by Crippen LogP contribution is -2.32. The lowest BCUT2D eigenvalue weighted by Gasteiger charge is -2.29. The van der Waals surface area contributed by atoms with Crippen molar-refractivity contribution in [2.24, 2.45) is 0 Å². The molecule has 0 bridgehead atoms. The molecule has 3 heteroatoms. The first-order valence-corrected chi connectivity index (χ1v) is 16.7. The SMILES string of the molecule is CC[Si]1(C)C(c2ccc3ccccc3n2)=C(c2ccccc2)C(c2ccccc2)=C1c1ccc2ccccc2n1. The van der Waals surface area contributed by atoms with E-state index in [4.69, 9.17) is 9.97 Å². The van der Waals surface area contributed by atoms with Gasteiger partial charge in [-0.15, -0.1) is 0 Å². The van der Waals surface area contributed by atoms with Crippen molar-refractivity contribution in [2.75, 3.05) is 0 Å². The molecular formula is C37H30N2Si. The minimum Gasteiger partial charge on any atom is -0.249 e. The normalized spacial score (nSPS) is 14.8. The molecule has 192 valence electrons. The maximum atomic E-state index is 5.31. The molecule has 2 nitrogen and oxygen atoms in total. The number of hydrogen-bond acceptors (Lipinski definition) is 2. The van der Waals surface area contributed by atoms with Gasteiger partial charge in [0.05, 0.1) is 22.4 Å². The van der Waals surface area contributed by atoms with Crippen LogP contribution in [0.4, 0.5) is 0 Å². The molecule has 0 saturated heterocycles. The van der Waals surface area contributed by atoms with Gasteiger partial charge in [0.2, 0.25) is 0 Å². The molecule has 0 spiro atoms. The molecule has 2 aromatic heterocycles. The summed E-state index contributed by atoms with van der Waals surface area (Å²) in [5.41, 5.74) is 9.29. The van der Waals surface area contributed by atoms with Crippen molar-refractivity contribution in [3.8, 4) is 0 Å². The van der Waals surface area contributed by atoms with Gasteiger partial charge in [-0.3, -0.25) is 0 Å². The smallest absolute Gasteiger partial charge is 0.122 e. The highest BCUT2D eigenvalue weighted by Crippen LogP contribution is 2.56. The van der Waals surface area contributed by atoms with Gasteiger partial charge >= 0.3 is 0 Å². The van der Waals surface area contributed by atoms with E-state index >= 15 is 0 Å². The van der Waals surface area contributed by atoms with Crippen LogP contribution >= 0.6 is 0 Å².